The van der Waals surface area contributed by atoms with Crippen LogP contribution in [-0.2, 0) is 16.1 Å². The van der Waals surface area contributed by atoms with Gasteiger partial charge in [-0.1, -0.05) is 35.5 Å². The highest BCUT2D eigenvalue weighted by molar-refractivity contribution is 7.99. The molecule has 1 heterocycles. The lowest BCUT2D eigenvalue weighted by Gasteiger charge is -2.07. The molecule has 2 rings (SSSR count). The van der Waals surface area contributed by atoms with Gasteiger partial charge in [0, 0.05) is 12.1 Å². The number of hydrogen-bond donors (Lipinski definition) is 0. The van der Waals surface area contributed by atoms with Gasteiger partial charge in [0.2, 0.25) is 0 Å². The van der Waals surface area contributed by atoms with Crippen molar-refractivity contribution in [1.29, 1.82) is 0 Å². The quantitative estimate of drug-likeness (QED) is 0.626. The molecule has 0 unspecified atom stereocenters. The zero-order chi connectivity index (χ0) is 14.5. The molecule has 0 radical (unpaired) electrons. The minimum atomic E-state index is -0.266. The lowest BCUT2D eigenvalue weighted by Crippen LogP contribution is -2.05. The van der Waals surface area contributed by atoms with Crippen molar-refractivity contribution in [3.05, 3.63) is 29.8 Å². The number of carbonyl (C=O) groups excluding carboxylic acids is 1. The molecule has 0 atom stereocenters. The normalized spacial score (nSPS) is 10.6. The van der Waals surface area contributed by atoms with Crippen molar-refractivity contribution in [2.75, 3.05) is 12.9 Å². The van der Waals surface area contributed by atoms with E-state index in [1.54, 1.807) is 0 Å². The molecular formula is C14H17N3O2S. The van der Waals surface area contributed by atoms with E-state index in [9.17, 15) is 4.79 Å². The lowest BCUT2D eigenvalue weighted by molar-refractivity contribution is -0.137. The van der Waals surface area contributed by atoms with Crippen LogP contribution in [0.15, 0.2) is 29.4 Å². The molecule has 0 aliphatic heterocycles. The zero-order valence-corrected chi connectivity index (χ0v) is 12.6. The Hall–Kier alpha value is -1.82. The second-order valence-corrected chi connectivity index (χ2v) is 5.23. The second-order valence-electron chi connectivity index (χ2n) is 4.28. The highest BCUT2D eigenvalue weighted by Gasteiger charge is 2.14. The summed E-state index contributed by atoms with van der Waals surface area (Å²) in [6.07, 6.45) is 0. The molecule has 6 heteroatoms. The van der Waals surface area contributed by atoms with Gasteiger partial charge in [-0.3, -0.25) is 4.79 Å². The van der Waals surface area contributed by atoms with Gasteiger partial charge >= 0.3 is 5.97 Å². The number of rotatable bonds is 5. The van der Waals surface area contributed by atoms with Gasteiger partial charge in [0.15, 0.2) is 11.0 Å². The van der Waals surface area contributed by atoms with Gasteiger partial charge in [0.1, 0.15) is 0 Å². The van der Waals surface area contributed by atoms with E-state index in [-0.39, 0.29) is 11.7 Å². The fourth-order valence-electron chi connectivity index (χ4n) is 1.86. The van der Waals surface area contributed by atoms with Crippen LogP contribution in [0.4, 0.5) is 0 Å². The predicted octanol–water partition coefficient (Wildman–Crippen LogP) is 2.54. The molecule has 5 nitrogen and oxygen atoms in total. The molecule has 0 N–H and O–H groups in total. The largest absolute Gasteiger partial charge is 0.468 e. The van der Waals surface area contributed by atoms with E-state index in [1.165, 1.54) is 24.4 Å². The number of benzene rings is 1. The minimum Gasteiger partial charge on any atom is -0.468 e. The maximum absolute atomic E-state index is 11.2. The van der Waals surface area contributed by atoms with Crippen molar-refractivity contribution in [3.63, 3.8) is 0 Å². The first-order valence-electron chi connectivity index (χ1n) is 6.35. The summed E-state index contributed by atoms with van der Waals surface area (Å²) in [6, 6.07) is 8.13. The maximum Gasteiger partial charge on any atom is 0.316 e. The average molecular weight is 291 g/mol. The molecule has 0 bridgehead atoms. The smallest absolute Gasteiger partial charge is 0.316 e. The van der Waals surface area contributed by atoms with Gasteiger partial charge in [-0.15, -0.1) is 10.2 Å². The van der Waals surface area contributed by atoms with Crippen molar-refractivity contribution >= 4 is 17.7 Å². The third kappa shape index (κ3) is 3.19. The molecule has 0 aliphatic rings. The van der Waals surface area contributed by atoms with Crippen LogP contribution in [-0.4, -0.2) is 33.6 Å². The summed E-state index contributed by atoms with van der Waals surface area (Å²) in [7, 11) is 1.38. The van der Waals surface area contributed by atoms with Gasteiger partial charge < -0.3 is 9.30 Å². The third-order valence-electron chi connectivity index (χ3n) is 2.86. The molecule has 1 aromatic heterocycles. The first-order chi connectivity index (χ1) is 9.65. The minimum absolute atomic E-state index is 0.239. The second kappa shape index (κ2) is 6.56. The van der Waals surface area contributed by atoms with E-state index in [4.69, 9.17) is 0 Å². The Labute approximate surface area is 122 Å². The monoisotopic (exact) mass is 291 g/mol. The maximum atomic E-state index is 11.2. The molecular weight excluding hydrogens is 274 g/mol. The standard InChI is InChI=1S/C14H17N3O2S/c1-4-17-13(11-7-5-6-10(2)8-11)15-16-14(17)20-9-12(18)19-3/h5-8H,4,9H2,1-3H3. The van der Waals surface area contributed by atoms with Crippen molar-refractivity contribution in [2.45, 2.75) is 25.5 Å². The molecule has 0 saturated heterocycles. The Bertz CT molecular complexity index is 610. The molecule has 20 heavy (non-hydrogen) atoms. The number of carbonyl (C=O) groups is 1. The first-order valence-corrected chi connectivity index (χ1v) is 7.34. The molecule has 0 spiro atoms. The van der Waals surface area contributed by atoms with Crippen LogP contribution >= 0.6 is 11.8 Å². The number of hydrogen-bond acceptors (Lipinski definition) is 5. The fourth-order valence-corrected chi connectivity index (χ4v) is 2.70. The van der Waals surface area contributed by atoms with Crippen LogP contribution < -0.4 is 0 Å². The molecule has 2 aromatic rings. The fraction of sp³-hybridized carbons (Fsp3) is 0.357. The van der Waals surface area contributed by atoms with Crippen LogP contribution in [0.5, 0.6) is 0 Å². The highest BCUT2D eigenvalue weighted by atomic mass is 32.2. The van der Waals surface area contributed by atoms with Crippen LogP contribution in [0, 0.1) is 6.92 Å². The SMILES string of the molecule is CCn1c(SCC(=O)OC)nnc1-c1cccc(C)c1. The van der Waals surface area contributed by atoms with E-state index < -0.39 is 0 Å². The Morgan fingerprint density at radius 3 is 2.85 bits per heavy atom. The summed E-state index contributed by atoms with van der Waals surface area (Å²) in [5, 5.41) is 9.14. The summed E-state index contributed by atoms with van der Waals surface area (Å²) in [5.41, 5.74) is 2.21. The number of esters is 1. The average Bonchev–Trinajstić information content (AvgIpc) is 2.87. The van der Waals surface area contributed by atoms with Gasteiger partial charge in [-0.25, -0.2) is 0 Å². The molecule has 0 amide bonds. The van der Waals surface area contributed by atoms with E-state index >= 15 is 0 Å². The van der Waals surface area contributed by atoms with Crippen LogP contribution in [0.3, 0.4) is 0 Å². The van der Waals surface area contributed by atoms with Crippen molar-refractivity contribution in [2.24, 2.45) is 0 Å². The van der Waals surface area contributed by atoms with Crippen molar-refractivity contribution in [1.82, 2.24) is 14.8 Å². The lowest BCUT2D eigenvalue weighted by atomic mass is 10.1. The van der Waals surface area contributed by atoms with Crippen LogP contribution in [0.2, 0.25) is 0 Å². The van der Waals surface area contributed by atoms with Gasteiger partial charge in [0.25, 0.3) is 0 Å². The van der Waals surface area contributed by atoms with E-state index in [0.717, 1.165) is 23.1 Å². The zero-order valence-electron chi connectivity index (χ0n) is 11.8. The Balaban J connectivity index is 2.27. The highest BCUT2D eigenvalue weighted by Crippen LogP contribution is 2.24. The predicted molar refractivity (Wildman–Crippen MR) is 78.6 cm³/mol. The number of methoxy groups -OCH3 is 1. The number of aromatic nitrogens is 3. The summed E-state index contributed by atoms with van der Waals surface area (Å²) in [6.45, 7) is 4.83. The van der Waals surface area contributed by atoms with Crippen LogP contribution in [0.1, 0.15) is 12.5 Å². The van der Waals surface area contributed by atoms with Crippen LogP contribution in [0.25, 0.3) is 11.4 Å². The van der Waals surface area contributed by atoms with Gasteiger partial charge in [-0.2, -0.15) is 0 Å². The van der Waals surface area contributed by atoms with Crippen molar-refractivity contribution < 1.29 is 9.53 Å². The number of aryl methyl sites for hydroxylation is 1. The molecule has 0 fully saturated rings. The summed E-state index contributed by atoms with van der Waals surface area (Å²) in [4.78, 5) is 11.2. The Morgan fingerprint density at radius 2 is 2.20 bits per heavy atom. The summed E-state index contributed by atoms with van der Waals surface area (Å²) < 4.78 is 6.64. The third-order valence-corrected chi connectivity index (χ3v) is 3.80. The van der Waals surface area contributed by atoms with E-state index in [0.29, 0.717) is 0 Å². The first kappa shape index (κ1) is 14.6. The van der Waals surface area contributed by atoms with Crippen molar-refractivity contribution in [3.8, 4) is 11.4 Å². The molecule has 0 aliphatic carbocycles. The molecule has 106 valence electrons. The Morgan fingerprint density at radius 1 is 1.40 bits per heavy atom. The molecule has 0 saturated carbocycles. The van der Waals surface area contributed by atoms with Gasteiger partial charge in [0.05, 0.1) is 12.9 Å². The topological polar surface area (TPSA) is 57.0 Å². The van der Waals surface area contributed by atoms with E-state index in [2.05, 4.69) is 21.0 Å². The van der Waals surface area contributed by atoms with Gasteiger partial charge in [-0.05, 0) is 19.9 Å². The number of nitrogens with zero attached hydrogens (tertiary/aromatic N) is 3. The Kier molecular flexibility index (Phi) is 4.79. The molecule has 1 aromatic carbocycles. The summed E-state index contributed by atoms with van der Waals surface area (Å²) >= 11 is 1.34. The summed E-state index contributed by atoms with van der Waals surface area (Å²) in [5.74, 6) is 0.795. The number of ether oxygens (including phenoxy) is 1. The number of thioether (sulfide) groups is 1. The van der Waals surface area contributed by atoms with E-state index in [1.807, 2.05) is 36.6 Å².